The van der Waals surface area contributed by atoms with Crippen molar-refractivity contribution in [3.8, 4) is 0 Å². The molecule has 0 heterocycles. The molecule has 0 spiro atoms. The predicted molar refractivity (Wildman–Crippen MR) is 73.9 cm³/mol. The molecule has 1 aromatic rings. The van der Waals surface area contributed by atoms with Crippen molar-refractivity contribution in [2.75, 3.05) is 0 Å². The number of allylic oxidation sites excluding steroid dienone is 1. The number of thioether (sulfide) groups is 1. The summed E-state index contributed by atoms with van der Waals surface area (Å²) >= 11 is 7.36. The van der Waals surface area contributed by atoms with Crippen molar-refractivity contribution in [1.82, 2.24) is 0 Å². The standard InChI is InChI=1S/C14H13ClO2S/c15-11-5-1-4-8-14(11)18-9-10-12(16)6-2-3-7-13(10)17/h1,4-5,8-9H,2-3,6-7H2. The van der Waals surface area contributed by atoms with E-state index >= 15 is 0 Å². The molecule has 0 amide bonds. The highest BCUT2D eigenvalue weighted by Gasteiger charge is 2.21. The first kappa shape index (κ1) is 13.4. The van der Waals surface area contributed by atoms with Crippen molar-refractivity contribution in [2.24, 2.45) is 0 Å². The Morgan fingerprint density at radius 1 is 1.06 bits per heavy atom. The van der Waals surface area contributed by atoms with Crippen molar-refractivity contribution in [3.63, 3.8) is 0 Å². The van der Waals surface area contributed by atoms with Crippen LogP contribution in [0.3, 0.4) is 0 Å². The molecule has 0 unspecified atom stereocenters. The number of ketones is 2. The van der Waals surface area contributed by atoms with Crippen LogP contribution in [-0.4, -0.2) is 11.6 Å². The van der Waals surface area contributed by atoms with E-state index in [0.717, 1.165) is 17.7 Å². The van der Waals surface area contributed by atoms with E-state index in [0.29, 0.717) is 23.4 Å². The Morgan fingerprint density at radius 2 is 1.67 bits per heavy atom. The first-order valence-electron chi connectivity index (χ1n) is 5.86. The molecular formula is C14H13ClO2S. The van der Waals surface area contributed by atoms with Gasteiger partial charge in [-0.2, -0.15) is 0 Å². The normalized spacial score (nSPS) is 16.6. The smallest absolute Gasteiger partial charge is 0.166 e. The second-order valence-electron chi connectivity index (χ2n) is 4.13. The maximum atomic E-state index is 11.8. The van der Waals surface area contributed by atoms with Gasteiger partial charge in [0.25, 0.3) is 0 Å². The molecular weight excluding hydrogens is 268 g/mol. The maximum Gasteiger partial charge on any atom is 0.166 e. The molecule has 0 saturated heterocycles. The minimum Gasteiger partial charge on any atom is -0.294 e. The third-order valence-electron chi connectivity index (χ3n) is 2.80. The predicted octanol–water partition coefficient (Wildman–Crippen LogP) is 4.03. The van der Waals surface area contributed by atoms with Crippen molar-refractivity contribution >= 4 is 34.9 Å². The van der Waals surface area contributed by atoms with E-state index in [4.69, 9.17) is 11.6 Å². The highest BCUT2D eigenvalue weighted by molar-refractivity contribution is 8.02. The fourth-order valence-electron chi connectivity index (χ4n) is 1.79. The molecule has 94 valence electrons. The van der Waals surface area contributed by atoms with Gasteiger partial charge in [0.05, 0.1) is 10.6 Å². The minimum atomic E-state index is -0.0444. The van der Waals surface area contributed by atoms with Crippen molar-refractivity contribution < 1.29 is 9.59 Å². The first-order valence-corrected chi connectivity index (χ1v) is 7.12. The van der Waals surface area contributed by atoms with Crippen LogP contribution in [0.1, 0.15) is 25.7 Å². The molecule has 18 heavy (non-hydrogen) atoms. The second kappa shape index (κ2) is 6.21. The number of hydrogen-bond acceptors (Lipinski definition) is 3. The Morgan fingerprint density at radius 3 is 2.28 bits per heavy atom. The fourth-order valence-corrected chi connectivity index (χ4v) is 2.90. The number of carbonyl (C=O) groups is 2. The quantitative estimate of drug-likeness (QED) is 0.355. The average Bonchev–Trinajstić information content (AvgIpc) is 2.51. The van der Waals surface area contributed by atoms with Gasteiger partial charge in [0.15, 0.2) is 11.6 Å². The summed E-state index contributed by atoms with van der Waals surface area (Å²) in [7, 11) is 0. The number of halogens is 1. The second-order valence-corrected chi connectivity index (χ2v) is 5.45. The van der Waals surface area contributed by atoms with Crippen molar-refractivity contribution in [3.05, 3.63) is 40.3 Å². The van der Waals surface area contributed by atoms with Gasteiger partial charge < -0.3 is 0 Å². The Bertz CT molecular complexity index is 488. The van der Waals surface area contributed by atoms with Gasteiger partial charge in [-0.3, -0.25) is 9.59 Å². The molecule has 2 nitrogen and oxygen atoms in total. The van der Waals surface area contributed by atoms with E-state index in [2.05, 4.69) is 0 Å². The molecule has 4 heteroatoms. The van der Waals surface area contributed by atoms with Crippen LogP contribution in [0.2, 0.25) is 5.02 Å². The van der Waals surface area contributed by atoms with Crippen LogP contribution in [-0.2, 0) is 9.59 Å². The Kier molecular flexibility index (Phi) is 4.61. The minimum absolute atomic E-state index is 0.0444. The van der Waals surface area contributed by atoms with E-state index in [-0.39, 0.29) is 11.6 Å². The summed E-state index contributed by atoms with van der Waals surface area (Å²) in [6, 6.07) is 7.39. The van der Waals surface area contributed by atoms with E-state index in [1.54, 1.807) is 11.5 Å². The molecule has 0 N–H and O–H groups in total. The third kappa shape index (κ3) is 3.24. The molecule has 2 rings (SSSR count). The van der Waals surface area contributed by atoms with Gasteiger partial charge in [-0.15, -0.1) is 0 Å². The number of hydrogen-bond donors (Lipinski definition) is 0. The zero-order valence-corrected chi connectivity index (χ0v) is 11.4. The molecule has 0 bridgehead atoms. The zero-order chi connectivity index (χ0) is 13.0. The zero-order valence-electron chi connectivity index (χ0n) is 9.82. The van der Waals surface area contributed by atoms with E-state index in [9.17, 15) is 9.59 Å². The molecule has 1 saturated carbocycles. The van der Waals surface area contributed by atoms with Crippen LogP contribution in [0.5, 0.6) is 0 Å². The van der Waals surface area contributed by atoms with Crippen LogP contribution in [0.4, 0.5) is 0 Å². The van der Waals surface area contributed by atoms with E-state index in [1.165, 1.54) is 11.8 Å². The van der Waals surface area contributed by atoms with Crippen LogP contribution >= 0.6 is 23.4 Å². The average molecular weight is 281 g/mol. The van der Waals surface area contributed by atoms with Crippen LogP contribution in [0, 0.1) is 0 Å². The van der Waals surface area contributed by atoms with Gasteiger partial charge in [-0.25, -0.2) is 0 Å². The van der Waals surface area contributed by atoms with Crippen LogP contribution in [0.25, 0.3) is 0 Å². The lowest BCUT2D eigenvalue weighted by Crippen LogP contribution is -2.08. The Hall–Kier alpha value is -1.06. The molecule has 0 atom stereocenters. The largest absolute Gasteiger partial charge is 0.294 e. The summed E-state index contributed by atoms with van der Waals surface area (Å²) in [5, 5.41) is 2.28. The first-order chi connectivity index (χ1) is 8.68. The molecule has 1 aliphatic rings. The fraction of sp³-hybridized carbons (Fsp3) is 0.286. The van der Waals surface area contributed by atoms with Gasteiger partial charge in [0.2, 0.25) is 0 Å². The van der Waals surface area contributed by atoms with Crippen molar-refractivity contribution in [1.29, 1.82) is 0 Å². The molecule has 0 radical (unpaired) electrons. The van der Waals surface area contributed by atoms with Gasteiger partial charge in [-0.1, -0.05) is 35.5 Å². The van der Waals surface area contributed by atoms with Gasteiger partial charge in [0.1, 0.15) is 0 Å². The van der Waals surface area contributed by atoms with Gasteiger partial charge >= 0.3 is 0 Å². The van der Waals surface area contributed by atoms with Crippen molar-refractivity contribution in [2.45, 2.75) is 30.6 Å². The molecule has 0 aromatic heterocycles. The highest BCUT2D eigenvalue weighted by Crippen LogP contribution is 2.29. The van der Waals surface area contributed by atoms with Gasteiger partial charge in [-0.05, 0) is 30.4 Å². The monoisotopic (exact) mass is 280 g/mol. The third-order valence-corrected chi connectivity index (χ3v) is 4.20. The molecule has 1 fully saturated rings. The lowest BCUT2D eigenvalue weighted by Gasteiger charge is -2.02. The lowest BCUT2D eigenvalue weighted by atomic mass is 10.1. The summed E-state index contributed by atoms with van der Waals surface area (Å²) in [5.74, 6) is -0.0888. The summed E-state index contributed by atoms with van der Waals surface area (Å²) in [6.45, 7) is 0. The maximum absolute atomic E-state index is 11.8. The van der Waals surface area contributed by atoms with Gasteiger partial charge in [0, 0.05) is 17.7 Å². The van der Waals surface area contributed by atoms with Crippen LogP contribution in [0.15, 0.2) is 40.1 Å². The summed E-state index contributed by atoms with van der Waals surface area (Å²) in [5.41, 5.74) is 0.331. The van der Waals surface area contributed by atoms with Crippen LogP contribution < -0.4 is 0 Å². The van der Waals surface area contributed by atoms with E-state index < -0.39 is 0 Å². The number of rotatable bonds is 2. The number of Topliss-reactive ketones (excluding diaryl/α,β-unsaturated/α-hetero) is 2. The topological polar surface area (TPSA) is 34.1 Å². The lowest BCUT2D eigenvalue weighted by molar-refractivity contribution is -0.120. The molecule has 0 aliphatic heterocycles. The number of carbonyl (C=O) groups excluding carboxylic acids is 2. The van der Waals surface area contributed by atoms with E-state index in [1.807, 2.05) is 18.2 Å². The highest BCUT2D eigenvalue weighted by atomic mass is 35.5. The SMILES string of the molecule is O=C1CCCCC(=O)C1=CSc1ccccc1Cl. The number of benzene rings is 1. The summed E-state index contributed by atoms with van der Waals surface area (Å²) < 4.78 is 0. The summed E-state index contributed by atoms with van der Waals surface area (Å²) in [6.07, 6.45) is 2.55. The molecule has 1 aliphatic carbocycles. The Balaban J connectivity index is 2.19. The summed E-state index contributed by atoms with van der Waals surface area (Å²) in [4.78, 5) is 24.4. The molecule has 1 aromatic carbocycles. The Labute approximate surface area is 115 Å².